The van der Waals surface area contributed by atoms with Crippen molar-refractivity contribution in [1.82, 2.24) is 0 Å². The van der Waals surface area contributed by atoms with Gasteiger partial charge in [-0.15, -0.1) is 0 Å². The molecule has 3 aromatic rings. The van der Waals surface area contributed by atoms with Crippen LogP contribution in [0.5, 0.6) is 0 Å². The number of hydrogen-bond acceptors (Lipinski definition) is 10. The molecular weight excluding hydrogens is 556 g/mol. The highest BCUT2D eigenvalue weighted by molar-refractivity contribution is 5.91. The maximum atomic E-state index is 13.2. The fourth-order valence-electron chi connectivity index (χ4n) is 4.50. The van der Waals surface area contributed by atoms with E-state index in [1.54, 1.807) is 97.9 Å². The molecule has 1 heterocycles. The third kappa shape index (κ3) is 8.59. The quantitative estimate of drug-likeness (QED) is 0.222. The van der Waals surface area contributed by atoms with Gasteiger partial charge in [0.05, 0.1) is 29.2 Å². The van der Waals surface area contributed by atoms with E-state index in [1.807, 2.05) is 0 Å². The van der Waals surface area contributed by atoms with Crippen LogP contribution in [0.3, 0.4) is 0 Å². The van der Waals surface area contributed by atoms with Crippen LogP contribution < -0.4 is 0 Å². The third-order valence-electron chi connectivity index (χ3n) is 6.71. The molecule has 0 aromatic heterocycles. The van der Waals surface area contributed by atoms with Gasteiger partial charge in [0.2, 0.25) is 0 Å². The summed E-state index contributed by atoms with van der Waals surface area (Å²) in [6.07, 6.45) is -5.91. The first-order valence-electron chi connectivity index (χ1n) is 13.8. The molecule has 10 nitrogen and oxygen atoms in total. The fourth-order valence-corrected chi connectivity index (χ4v) is 4.50. The van der Waals surface area contributed by atoms with Crippen molar-refractivity contribution >= 4 is 29.7 Å². The Hall–Kier alpha value is -4.83. The van der Waals surface area contributed by atoms with Gasteiger partial charge >= 0.3 is 23.9 Å². The Bertz CT molecular complexity index is 1410. The van der Waals surface area contributed by atoms with E-state index in [0.29, 0.717) is 0 Å². The molecule has 3 aromatic carbocycles. The van der Waals surface area contributed by atoms with Crippen LogP contribution in [0.4, 0.5) is 0 Å². The van der Waals surface area contributed by atoms with Crippen molar-refractivity contribution in [2.75, 3.05) is 6.61 Å². The first-order valence-corrected chi connectivity index (χ1v) is 13.8. The lowest BCUT2D eigenvalue weighted by atomic mass is 10.0. The van der Waals surface area contributed by atoms with Crippen LogP contribution in [0.1, 0.15) is 57.8 Å². The summed E-state index contributed by atoms with van der Waals surface area (Å²) in [5, 5.41) is 0. The number of Topliss-reactive ketones (excluding diaryl/α,β-unsaturated/α-hetero) is 1. The van der Waals surface area contributed by atoms with E-state index < -0.39 is 61.0 Å². The minimum absolute atomic E-state index is 0.0545. The van der Waals surface area contributed by atoms with E-state index >= 15 is 0 Å². The second-order valence-electron chi connectivity index (χ2n) is 9.97. The van der Waals surface area contributed by atoms with Gasteiger partial charge in [-0.05, 0) is 50.2 Å². The maximum Gasteiger partial charge on any atom is 0.338 e. The minimum atomic E-state index is -1.27. The Morgan fingerprint density at radius 2 is 1.14 bits per heavy atom. The number of esters is 4. The van der Waals surface area contributed by atoms with Gasteiger partial charge < -0.3 is 28.5 Å². The molecule has 1 fully saturated rings. The van der Waals surface area contributed by atoms with Gasteiger partial charge in [-0.2, -0.15) is 0 Å². The van der Waals surface area contributed by atoms with Crippen LogP contribution in [0.25, 0.3) is 0 Å². The molecule has 5 atom stereocenters. The van der Waals surface area contributed by atoms with Gasteiger partial charge in [0.15, 0.2) is 18.3 Å². The van der Waals surface area contributed by atoms with Crippen LogP contribution in [0, 0.1) is 0 Å². The molecule has 0 spiro atoms. The highest BCUT2D eigenvalue weighted by Crippen LogP contribution is 2.32. The van der Waals surface area contributed by atoms with Crippen molar-refractivity contribution in [1.29, 1.82) is 0 Å². The zero-order valence-electron chi connectivity index (χ0n) is 23.8. The number of ketones is 1. The van der Waals surface area contributed by atoms with Crippen LogP contribution >= 0.6 is 0 Å². The molecular formula is C33H32O10. The number of carbonyl (C=O) groups excluding carboxylic acids is 5. The molecule has 0 radical (unpaired) electrons. The highest BCUT2D eigenvalue weighted by atomic mass is 16.7. The zero-order valence-corrected chi connectivity index (χ0v) is 23.8. The number of ether oxygens (including phenoxy) is 5. The minimum Gasteiger partial charge on any atom is -0.458 e. The summed E-state index contributed by atoms with van der Waals surface area (Å²) < 4.78 is 28.9. The van der Waals surface area contributed by atoms with Crippen molar-refractivity contribution in [2.45, 2.75) is 57.2 Å². The monoisotopic (exact) mass is 588 g/mol. The summed E-state index contributed by atoms with van der Waals surface area (Å²) >= 11 is 0. The van der Waals surface area contributed by atoms with Crippen molar-refractivity contribution in [3.05, 3.63) is 108 Å². The van der Waals surface area contributed by atoms with E-state index in [2.05, 4.69) is 0 Å². The van der Waals surface area contributed by atoms with Crippen LogP contribution in [-0.4, -0.2) is 66.8 Å². The summed E-state index contributed by atoms with van der Waals surface area (Å²) in [5.74, 6) is -3.03. The molecule has 10 heteroatoms. The SMILES string of the molecule is CC(=O)CCC(=O)O[C@H](COC(=O)c1ccccc1)C1OC(C)C(OC(=O)c2ccccc2)C1OC(=O)c1ccccc1. The Morgan fingerprint density at radius 1 is 0.674 bits per heavy atom. The Labute approximate surface area is 248 Å². The van der Waals surface area contributed by atoms with Crippen LogP contribution in [-0.2, 0) is 33.3 Å². The summed E-state index contributed by atoms with van der Waals surface area (Å²) in [6, 6.07) is 24.7. The topological polar surface area (TPSA) is 132 Å². The van der Waals surface area contributed by atoms with Crippen LogP contribution in [0.15, 0.2) is 91.0 Å². The molecule has 0 aliphatic carbocycles. The third-order valence-corrected chi connectivity index (χ3v) is 6.71. The summed E-state index contributed by atoms with van der Waals surface area (Å²) in [6.45, 7) is 2.51. The molecule has 43 heavy (non-hydrogen) atoms. The maximum absolute atomic E-state index is 13.2. The lowest BCUT2D eigenvalue weighted by Gasteiger charge is -2.28. The van der Waals surface area contributed by atoms with E-state index in [1.165, 1.54) is 6.92 Å². The predicted octanol–water partition coefficient (Wildman–Crippen LogP) is 4.36. The lowest BCUT2D eigenvalue weighted by Crippen LogP contribution is -2.47. The van der Waals surface area contributed by atoms with Crippen molar-refractivity contribution in [2.24, 2.45) is 0 Å². The Morgan fingerprint density at radius 3 is 1.63 bits per heavy atom. The molecule has 1 aliphatic rings. The van der Waals surface area contributed by atoms with Crippen molar-refractivity contribution < 1.29 is 47.7 Å². The predicted molar refractivity (Wildman–Crippen MR) is 152 cm³/mol. The molecule has 1 saturated heterocycles. The number of benzene rings is 3. The molecule has 4 rings (SSSR count). The number of carbonyl (C=O) groups is 5. The molecule has 0 saturated carbocycles. The van der Waals surface area contributed by atoms with E-state index in [-0.39, 0.29) is 35.3 Å². The van der Waals surface area contributed by atoms with Crippen molar-refractivity contribution in [3.63, 3.8) is 0 Å². The van der Waals surface area contributed by atoms with E-state index in [9.17, 15) is 24.0 Å². The lowest BCUT2D eigenvalue weighted by molar-refractivity contribution is -0.165. The molecule has 1 aliphatic heterocycles. The zero-order chi connectivity index (χ0) is 30.8. The largest absolute Gasteiger partial charge is 0.458 e. The van der Waals surface area contributed by atoms with Gasteiger partial charge in [0.25, 0.3) is 0 Å². The fraction of sp³-hybridized carbons (Fsp3) is 0.303. The molecule has 0 N–H and O–H groups in total. The second kappa shape index (κ2) is 14.9. The first kappa shape index (κ1) is 31.1. The Balaban J connectivity index is 1.62. The van der Waals surface area contributed by atoms with E-state index in [0.717, 1.165) is 0 Å². The average Bonchev–Trinajstić information content (AvgIpc) is 3.32. The van der Waals surface area contributed by atoms with Gasteiger partial charge in [-0.1, -0.05) is 54.6 Å². The molecule has 224 valence electrons. The summed E-state index contributed by atoms with van der Waals surface area (Å²) in [7, 11) is 0. The van der Waals surface area contributed by atoms with Gasteiger partial charge in [0, 0.05) is 6.42 Å². The van der Waals surface area contributed by atoms with Gasteiger partial charge in [-0.25, -0.2) is 14.4 Å². The van der Waals surface area contributed by atoms with Gasteiger partial charge in [0.1, 0.15) is 18.5 Å². The molecule has 0 amide bonds. The molecule has 0 bridgehead atoms. The normalized spacial score (nSPS) is 20.0. The standard InChI is InChI=1S/C33H32O10/c1-21(34)18-19-27(35)41-26(20-39-31(36)23-12-6-3-7-13-23)29-30(43-33(38)25-16-10-5-11-17-25)28(22(2)40-29)42-32(37)24-14-8-4-9-15-24/h3-17,22,26,28-30H,18-20H2,1-2H3/t22?,26-,28?,29?,30?/m1/s1. The summed E-state index contributed by atoms with van der Waals surface area (Å²) in [4.78, 5) is 63.1. The number of hydrogen-bond donors (Lipinski definition) is 0. The van der Waals surface area contributed by atoms with Gasteiger partial charge in [-0.3, -0.25) is 4.79 Å². The average molecular weight is 589 g/mol. The summed E-state index contributed by atoms with van der Waals surface area (Å²) in [5.41, 5.74) is 0.779. The van der Waals surface area contributed by atoms with Crippen molar-refractivity contribution in [3.8, 4) is 0 Å². The van der Waals surface area contributed by atoms with E-state index in [4.69, 9.17) is 23.7 Å². The molecule has 4 unspecified atom stereocenters. The second-order valence-corrected chi connectivity index (χ2v) is 9.97. The smallest absolute Gasteiger partial charge is 0.338 e. The highest BCUT2D eigenvalue weighted by Gasteiger charge is 2.52. The number of rotatable bonds is 12. The van der Waals surface area contributed by atoms with Crippen LogP contribution in [0.2, 0.25) is 0 Å². The first-order chi connectivity index (χ1) is 20.7. The Kier molecular flexibility index (Phi) is 10.8.